The van der Waals surface area contributed by atoms with Gasteiger partial charge < -0.3 is 9.84 Å². The van der Waals surface area contributed by atoms with E-state index in [0.717, 1.165) is 50.9 Å². The van der Waals surface area contributed by atoms with Crippen molar-refractivity contribution < 1.29 is 9.32 Å². The molecule has 4 rings (SSSR count). The van der Waals surface area contributed by atoms with Gasteiger partial charge in [-0.05, 0) is 63.4 Å². The monoisotopic (exact) mass is 452 g/mol. The minimum atomic E-state index is 0.0755. The molecule has 1 aromatic heterocycles. The van der Waals surface area contributed by atoms with Gasteiger partial charge in [0.2, 0.25) is 17.6 Å². The molecule has 6 nitrogen and oxygen atoms in total. The Bertz CT molecular complexity index is 1040. The Morgan fingerprint density at radius 2 is 2.00 bits per heavy atom. The van der Waals surface area contributed by atoms with E-state index < -0.39 is 0 Å². The van der Waals surface area contributed by atoms with Crippen LogP contribution in [0.5, 0.6) is 0 Å². The lowest BCUT2D eigenvalue weighted by Crippen LogP contribution is -2.40. The van der Waals surface area contributed by atoms with Gasteiger partial charge in [0.1, 0.15) is 0 Å². The summed E-state index contributed by atoms with van der Waals surface area (Å²) in [7, 11) is 0. The zero-order chi connectivity index (χ0) is 22.3. The number of nitrogens with zero attached hydrogens (tertiary/aromatic N) is 3. The Kier molecular flexibility index (Phi) is 7.55. The minimum Gasteiger partial charge on any atom is -0.356 e. The second-order valence-corrected chi connectivity index (χ2v) is 8.83. The number of hydrogen-bond acceptors (Lipinski definition) is 5. The molecule has 1 aliphatic rings. The number of piperidine rings is 1. The fourth-order valence-electron chi connectivity index (χ4n) is 4.13. The van der Waals surface area contributed by atoms with E-state index >= 15 is 0 Å². The van der Waals surface area contributed by atoms with Crippen molar-refractivity contribution in [1.29, 1.82) is 0 Å². The zero-order valence-electron chi connectivity index (χ0n) is 18.4. The van der Waals surface area contributed by atoms with Crippen LogP contribution >= 0.6 is 11.6 Å². The van der Waals surface area contributed by atoms with Crippen molar-refractivity contribution in [2.75, 3.05) is 19.6 Å². The molecule has 32 heavy (non-hydrogen) atoms. The smallest absolute Gasteiger partial charge is 0.241 e. The third-order valence-corrected chi connectivity index (χ3v) is 6.25. The number of aryl methyl sites for hydroxylation is 2. The lowest BCUT2D eigenvalue weighted by molar-refractivity contribution is -0.126. The Balaban J connectivity index is 1.18. The van der Waals surface area contributed by atoms with Crippen molar-refractivity contribution in [3.05, 3.63) is 70.6 Å². The molecule has 1 aliphatic heterocycles. The highest BCUT2D eigenvalue weighted by atomic mass is 35.5. The normalized spacial score (nSPS) is 15.1. The van der Waals surface area contributed by atoms with Gasteiger partial charge in [-0.25, -0.2) is 0 Å². The summed E-state index contributed by atoms with van der Waals surface area (Å²) in [5.41, 5.74) is 3.37. The Hall–Kier alpha value is -2.70. The number of nitrogens with one attached hydrogen (secondary N) is 1. The van der Waals surface area contributed by atoms with Crippen LogP contribution < -0.4 is 5.32 Å². The van der Waals surface area contributed by atoms with Gasteiger partial charge in [0.25, 0.3) is 0 Å². The number of halogens is 1. The molecular formula is C25H29ClN4O2. The van der Waals surface area contributed by atoms with Crippen LogP contribution in [-0.2, 0) is 17.8 Å². The molecular weight excluding hydrogens is 424 g/mol. The summed E-state index contributed by atoms with van der Waals surface area (Å²) in [6.07, 6.45) is 3.63. The predicted molar refractivity (Wildman–Crippen MR) is 125 cm³/mol. The molecule has 0 atom stereocenters. The van der Waals surface area contributed by atoms with Gasteiger partial charge >= 0.3 is 0 Å². The SMILES string of the molecule is Cc1cccc(CCCNC(=O)C2CCN(Cc3nc(-c4ccccc4Cl)no3)CC2)c1. The Labute approximate surface area is 194 Å². The van der Waals surface area contributed by atoms with Crippen molar-refractivity contribution in [3.8, 4) is 11.4 Å². The standard InChI is InChI=1S/C25H29ClN4O2/c1-18-6-4-7-19(16-18)8-5-13-27-25(31)20-11-14-30(15-12-20)17-23-28-24(29-32-23)21-9-2-3-10-22(21)26/h2-4,6-7,9-10,16,20H,5,8,11-15,17H2,1H3,(H,27,31). The van der Waals surface area contributed by atoms with Crippen molar-refractivity contribution in [1.82, 2.24) is 20.4 Å². The van der Waals surface area contributed by atoms with Crippen LogP contribution in [0.25, 0.3) is 11.4 Å². The highest BCUT2D eigenvalue weighted by Gasteiger charge is 2.26. The predicted octanol–water partition coefficient (Wildman–Crippen LogP) is 4.66. The molecule has 2 aromatic carbocycles. The van der Waals surface area contributed by atoms with Gasteiger partial charge in [-0.3, -0.25) is 9.69 Å². The lowest BCUT2D eigenvalue weighted by atomic mass is 9.96. The van der Waals surface area contributed by atoms with Gasteiger partial charge in [0.05, 0.1) is 11.6 Å². The summed E-state index contributed by atoms with van der Waals surface area (Å²) in [6, 6.07) is 16.0. The van der Waals surface area contributed by atoms with Crippen molar-refractivity contribution in [2.45, 2.75) is 39.2 Å². The highest BCUT2D eigenvalue weighted by Crippen LogP contribution is 2.25. The molecule has 7 heteroatoms. The number of carbonyl (C=O) groups is 1. The number of carbonyl (C=O) groups excluding carboxylic acids is 1. The number of likely N-dealkylation sites (tertiary alicyclic amines) is 1. The summed E-state index contributed by atoms with van der Waals surface area (Å²) in [4.78, 5) is 19.3. The van der Waals surface area contributed by atoms with Crippen LogP contribution in [0, 0.1) is 12.8 Å². The van der Waals surface area contributed by atoms with Gasteiger partial charge in [-0.15, -0.1) is 0 Å². The summed E-state index contributed by atoms with van der Waals surface area (Å²) >= 11 is 6.22. The average Bonchev–Trinajstić information content (AvgIpc) is 3.25. The van der Waals surface area contributed by atoms with Crippen molar-refractivity contribution >= 4 is 17.5 Å². The fraction of sp³-hybridized carbons (Fsp3) is 0.400. The first-order valence-electron chi connectivity index (χ1n) is 11.2. The van der Waals surface area contributed by atoms with Crippen molar-refractivity contribution in [2.24, 2.45) is 5.92 Å². The molecule has 0 saturated carbocycles. The number of benzene rings is 2. The number of aromatic nitrogens is 2. The molecule has 0 radical (unpaired) electrons. The largest absolute Gasteiger partial charge is 0.356 e. The first kappa shape index (κ1) is 22.5. The van der Waals surface area contributed by atoms with Crippen molar-refractivity contribution in [3.63, 3.8) is 0 Å². The van der Waals surface area contributed by atoms with Crippen LogP contribution in [0.4, 0.5) is 0 Å². The van der Waals surface area contributed by atoms with E-state index in [0.29, 0.717) is 23.3 Å². The third-order valence-electron chi connectivity index (χ3n) is 5.92. The molecule has 1 saturated heterocycles. The molecule has 1 fully saturated rings. The van der Waals surface area contributed by atoms with E-state index in [9.17, 15) is 4.79 Å². The van der Waals surface area contributed by atoms with E-state index in [1.807, 2.05) is 24.3 Å². The van der Waals surface area contributed by atoms with E-state index in [2.05, 4.69) is 51.5 Å². The van der Waals surface area contributed by atoms with E-state index in [-0.39, 0.29) is 11.8 Å². The van der Waals surface area contributed by atoms with Gasteiger partial charge in [0.15, 0.2) is 0 Å². The Morgan fingerprint density at radius 1 is 1.19 bits per heavy atom. The van der Waals surface area contributed by atoms with E-state index in [4.69, 9.17) is 16.1 Å². The first-order valence-corrected chi connectivity index (χ1v) is 11.6. The van der Waals surface area contributed by atoms with Gasteiger partial charge in [0, 0.05) is 18.0 Å². The zero-order valence-corrected chi connectivity index (χ0v) is 19.1. The second-order valence-electron chi connectivity index (χ2n) is 8.43. The van der Waals surface area contributed by atoms with E-state index in [1.165, 1.54) is 11.1 Å². The molecule has 1 N–H and O–H groups in total. The molecule has 168 valence electrons. The van der Waals surface area contributed by atoms with Gasteiger partial charge in [-0.1, -0.05) is 58.7 Å². The van der Waals surface area contributed by atoms with Gasteiger partial charge in [-0.2, -0.15) is 4.98 Å². The highest BCUT2D eigenvalue weighted by molar-refractivity contribution is 6.33. The maximum Gasteiger partial charge on any atom is 0.241 e. The topological polar surface area (TPSA) is 71.3 Å². The Morgan fingerprint density at radius 3 is 2.78 bits per heavy atom. The fourth-order valence-corrected chi connectivity index (χ4v) is 4.35. The molecule has 0 bridgehead atoms. The molecule has 3 aromatic rings. The van der Waals surface area contributed by atoms with E-state index in [1.54, 1.807) is 0 Å². The maximum atomic E-state index is 12.5. The molecule has 1 amide bonds. The van der Waals surface area contributed by atoms with Crippen LogP contribution in [0.2, 0.25) is 5.02 Å². The lowest BCUT2D eigenvalue weighted by Gasteiger charge is -2.30. The second kappa shape index (κ2) is 10.7. The summed E-state index contributed by atoms with van der Waals surface area (Å²) in [6.45, 7) is 5.09. The summed E-state index contributed by atoms with van der Waals surface area (Å²) < 4.78 is 5.42. The van der Waals surface area contributed by atoms with Crippen LogP contribution in [0.3, 0.4) is 0 Å². The third kappa shape index (κ3) is 5.96. The number of hydrogen-bond donors (Lipinski definition) is 1. The first-order chi connectivity index (χ1) is 15.6. The molecule has 2 heterocycles. The summed E-state index contributed by atoms with van der Waals surface area (Å²) in [5.74, 6) is 1.32. The van der Waals surface area contributed by atoms with Crippen LogP contribution in [0.15, 0.2) is 53.1 Å². The molecule has 0 unspecified atom stereocenters. The minimum absolute atomic E-state index is 0.0755. The quantitative estimate of drug-likeness (QED) is 0.503. The maximum absolute atomic E-state index is 12.5. The molecule has 0 spiro atoms. The molecule has 0 aliphatic carbocycles. The summed E-state index contributed by atoms with van der Waals surface area (Å²) in [5, 5.41) is 7.78. The van der Waals surface area contributed by atoms with Crippen LogP contribution in [0.1, 0.15) is 36.3 Å². The van der Waals surface area contributed by atoms with Crippen LogP contribution in [-0.4, -0.2) is 40.6 Å². The number of amides is 1. The number of rotatable bonds is 8. The average molecular weight is 453 g/mol.